The van der Waals surface area contributed by atoms with Gasteiger partial charge in [-0.2, -0.15) is 0 Å². The molecule has 0 bridgehead atoms. The summed E-state index contributed by atoms with van der Waals surface area (Å²) in [5, 5.41) is 20.0. The summed E-state index contributed by atoms with van der Waals surface area (Å²) in [4.78, 5) is 1.96. The fourth-order valence-corrected chi connectivity index (χ4v) is 2.51. The lowest BCUT2D eigenvalue weighted by atomic mass is 10.0. The molecule has 0 saturated carbocycles. The molecule has 0 aromatic heterocycles. The Morgan fingerprint density at radius 3 is 2.18 bits per heavy atom. The van der Waals surface area contributed by atoms with Crippen molar-refractivity contribution >= 4 is 0 Å². The third-order valence-corrected chi connectivity index (χ3v) is 3.85. The first-order valence-corrected chi connectivity index (χ1v) is 7.33. The zero-order chi connectivity index (χ0) is 15.9. The molecule has 2 atom stereocenters. The number of rotatable bonds is 7. The van der Waals surface area contributed by atoms with Crippen molar-refractivity contribution < 1.29 is 14.9 Å². The lowest BCUT2D eigenvalue weighted by Gasteiger charge is -2.29. The van der Waals surface area contributed by atoms with Gasteiger partial charge in [0.25, 0.3) is 0 Å². The SMILES string of the molecule is COc1ccc([C@@H](CO)N(C)C[C@@H](O)c2ccccc2)cc1. The second-order valence-corrected chi connectivity index (χ2v) is 5.34. The number of ether oxygens (including phenoxy) is 1. The first-order chi connectivity index (χ1) is 10.7. The summed E-state index contributed by atoms with van der Waals surface area (Å²) in [6, 6.07) is 17.0. The lowest BCUT2D eigenvalue weighted by Crippen LogP contribution is -2.31. The van der Waals surface area contributed by atoms with Gasteiger partial charge in [0, 0.05) is 6.54 Å². The molecule has 0 aliphatic heterocycles. The molecule has 2 aromatic rings. The van der Waals surface area contributed by atoms with Crippen molar-refractivity contribution in [1.82, 2.24) is 4.90 Å². The minimum Gasteiger partial charge on any atom is -0.497 e. The molecule has 0 spiro atoms. The highest BCUT2D eigenvalue weighted by molar-refractivity contribution is 5.29. The summed E-state index contributed by atoms with van der Waals surface area (Å²) < 4.78 is 5.15. The highest BCUT2D eigenvalue weighted by Crippen LogP contribution is 2.24. The number of methoxy groups -OCH3 is 1. The van der Waals surface area contributed by atoms with Gasteiger partial charge in [-0.25, -0.2) is 0 Å². The van der Waals surface area contributed by atoms with Gasteiger partial charge in [0.05, 0.1) is 25.9 Å². The Bertz CT molecular complexity index is 556. The van der Waals surface area contributed by atoms with E-state index in [9.17, 15) is 10.2 Å². The average Bonchev–Trinajstić information content (AvgIpc) is 2.57. The molecule has 0 radical (unpaired) electrons. The van der Waals surface area contributed by atoms with Gasteiger partial charge in [0.1, 0.15) is 5.75 Å². The second kappa shape index (κ2) is 7.94. The number of aliphatic hydroxyl groups excluding tert-OH is 2. The molecular formula is C18H23NO3. The number of benzene rings is 2. The van der Waals surface area contributed by atoms with E-state index in [0.717, 1.165) is 16.9 Å². The van der Waals surface area contributed by atoms with Crippen LogP contribution in [-0.2, 0) is 0 Å². The van der Waals surface area contributed by atoms with Crippen molar-refractivity contribution in [3.63, 3.8) is 0 Å². The van der Waals surface area contributed by atoms with E-state index in [1.165, 1.54) is 0 Å². The third kappa shape index (κ3) is 4.07. The summed E-state index contributed by atoms with van der Waals surface area (Å²) >= 11 is 0. The van der Waals surface area contributed by atoms with Crippen LogP contribution in [-0.4, -0.2) is 42.4 Å². The van der Waals surface area contributed by atoms with Crippen molar-refractivity contribution in [1.29, 1.82) is 0 Å². The number of aliphatic hydroxyl groups is 2. The van der Waals surface area contributed by atoms with Crippen molar-refractivity contribution in [2.75, 3.05) is 27.3 Å². The number of hydrogen-bond donors (Lipinski definition) is 2. The molecule has 0 saturated heterocycles. The summed E-state index contributed by atoms with van der Waals surface area (Å²) in [5.41, 5.74) is 1.87. The van der Waals surface area contributed by atoms with Crippen molar-refractivity contribution in [2.45, 2.75) is 12.1 Å². The van der Waals surface area contributed by atoms with Crippen LogP contribution < -0.4 is 4.74 Å². The third-order valence-electron chi connectivity index (χ3n) is 3.85. The van der Waals surface area contributed by atoms with Gasteiger partial charge in [-0.1, -0.05) is 42.5 Å². The quantitative estimate of drug-likeness (QED) is 0.824. The van der Waals surface area contributed by atoms with E-state index in [1.54, 1.807) is 7.11 Å². The first-order valence-electron chi connectivity index (χ1n) is 7.33. The van der Waals surface area contributed by atoms with Gasteiger partial charge < -0.3 is 14.9 Å². The Hall–Kier alpha value is -1.88. The van der Waals surface area contributed by atoms with Crippen molar-refractivity contribution in [2.24, 2.45) is 0 Å². The maximum Gasteiger partial charge on any atom is 0.118 e. The van der Waals surface area contributed by atoms with Crippen LogP contribution in [0.2, 0.25) is 0 Å². The number of likely N-dealkylation sites (N-methyl/N-ethyl adjacent to an activating group) is 1. The molecule has 0 heterocycles. The molecule has 22 heavy (non-hydrogen) atoms. The summed E-state index contributed by atoms with van der Waals surface area (Å²) in [7, 11) is 3.53. The minimum absolute atomic E-state index is 0.00958. The molecule has 0 fully saturated rings. The van der Waals surface area contributed by atoms with Crippen LogP contribution in [0.15, 0.2) is 54.6 Å². The Balaban J connectivity index is 2.06. The van der Waals surface area contributed by atoms with E-state index in [1.807, 2.05) is 66.5 Å². The van der Waals surface area contributed by atoms with E-state index < -0.39 is 6.10 Å². The van der Waals surface area contributed by atoms with Crippen LogP contribution in [0.25, 0.3) is 0 Å². The van der Waals surface area contributed by atoms with Gasteiger partial charge in [-0.3, -0.25) is 4.90 Å². The zero-order valence-corrected chi connectivity index (χ0v) is 13.0. The summed E-state index contributed by atoms with van der Waals surface area (Å²) in [6.45, 7) is 0.436. The van der Waals surface area contributed by atoms with Crippen LogP contribution >= 0.6 is 0 Å². The lowest BCUT2D eigenvalue weighted by molar-refractivity contribution is 0.0795. The van der Waals surface area contributed by atoms with Crippen LogP contribution in [0.4, 0.5) is 0 Å². The first kappa shape index (κ1) is 16.5. The monoisotopic (exact) mass is 301 g/mol. The van der Waals surface area contributed by atoms with Crippen LogP contribution in [0.3, 0.4) is 0 Å². The number of hydrogen-bond acceptors (Lipinski definition) is 4. The normalized spacial score (nSPS) is 13.9. The van der Waals surface area contributed by atoms with Gasteiger partial charge in [0.2, 0.25) is 0 Å². The standard InChI is InChI=1S/C18H23NO3/c1-19(12-18(21)15-6-4-3-5-7-15)17(13-20)14-8-10-16(22-2)11-9-14/h3-11,17-18,20-21H,12-13H2,1-2H3/t17-,18-/m1/s1. The molecule has 2 rings (SSSR count). The largest absolute Gasteiger partial charge is 0.497 e. The molecule has 4 heteroatoms. The molecule has 0 aliphatic rings. The summed E-state index contributed by atoms with van der Waals surface area (Å²) in [6.07, 6.45) is -0.585. The topological polar surface area (TPSA) is 52.9 Å². The van der Waals surface area contributed by atoms with Gasteiger partial charge in [0.15, 0.2) is 0 Å². The fourth-order valence-electron chi connectivity index (χ4n) is 2.51. The molecule has 0 amide bonds. The maximum atomic E-state index is 10.3. The van der Waals surface area contributed by atoms with Crippen LogP contribution in [0.5, 0.6) is 5.75 Å². The van der Waals surface area contributed by atoms with Gasteiger partial charge in [-0.05, 0) is 30.3 Å². The second-order valence-electron chi connectivity index (χ2n) is 5.34. The van der Waals surface area contributed by atoms with E-state index in [0.29, 0.717) is 6.54 Å². The molecule has 2 N–H and O–H groups in total. The van der Waals surface area contributed by atoms with E-state index >= 15 is 0 Å². The molecule has 0 aliphatic carbocycles. The smallest absolute Gasteiger partial charge is 0.118 e. The van der Waals surface area contributed by atoms with Crippen molar-refractivity contribution in [3.8, 4) is 5.75 Å². The highest BCUT2D eigenvalue weighted by atomic mass is 16.5. The Morgan fingerprint density at radius 2 is 1.64 bits per heavy atom. The predicted octanol–water partition coefficient (Wildman–Crippen LogP) is 2.39. The van der Waals surface area contributed by atoms with Gasteiger partial charge >= 0.3 is 0 Å². The fraction of sp³-hybridized carbons (Fsp3) is 0.333. The van der Waals surface area contributed by atoms with Crippen LogP contribution in [0.1, 0.15) is 23.3 Å². The maximum absolute atomic E-state index is 10.3. The number of nitrogens with zero attached hydrogens (tertiary/aromatic N) is 1. The van der Waals surface area contributed by atoms with Crippen LogP contribution in [0, 0.1) is 0 Å². The van der Waals surface area contributed by atoms with E-state index in [2.05, 4.69) is 0 Å². The van der Waals surface area contributed by atoms with Crippen molar-refractivity contribution in [3.05, 3.63) is 65.7 Å². The molecule has 2 aromatic carbocycles. The molecule has 118 valence electrons. The molecule has 4 nitrogen and oxygen atoms in total. The Labute approximate surface area is 131 Å². The Kier molecular flexibility index (Phi) is 5.95. The predicted molar refractivity (Wildman–Crippen MR) is 86.9 cm³/mol. The summed E-state index contributed by atoms with van der Waals surface area (Å²) in [5.74, 6) is 0.785. The molecule has 0 unspecified atom stereocenters. The molecular weight excluding hydrogens is 278 g/mol. The zero-order valence-electron chi connectivity index (χ0n) is 13.0. The minimum atomic E-state index is -0.585. The Morgan fingerprint density at radius 1 is 1.00 bits per heavy atom. The van der Waals surface area contributed by atoms with E-state index in [4.69, 9.17) is 4.74 Å². The average molecular weight is 301 g/mol. The highest BCUT2D eigenvalue weighted by Gasteiger charge is 2.19. The van der Waals surface area contributed by atoms with E-state index in [-0.39, 0.29) is 12.6 Å². The van der Waals surface area contributed by atoms with Gasteiger partial charge in [-0.15, -0.1) is 0 Å².